The summed E-state index contributed by atoms with van der Waals surface area (Å²) in [5.41, 5.74) is 2.35. The van der Waals surface area contributed by atoms with Crippen molar-refractivity contribution in [2.75, 3.05) is 6.61 Å². The third-order valence-electron chi connectivity index (χ3n) is 3.56. The highest BCUT2D eigenvalue weighted by Crippen LogP contribution is 2.40. The van der Waals surface area contributed by atoms with E-state index in [0.29, 0.717) is 16.7 Å². The Kier molecular flexibility index (Phi) is 4.22. The Labute approximate surface area is 132 Å². The second-order valence-electron chi connectivity index (χ2n) is 4.94. The number of ether oxygens (including phenoxy) is 1. The molecule has 1 aliphatic rings. The first kappa shape index (κ1) is 14.2. The van der Waals surface area contributed by atoms with E-state index < -0.39 is 0 Å². The number of hydrogen-bond acceptors (Lipinski definition) is 3. The Hall–Kier alpha value is -0.740. The Balaban J connectivity index is 1.86. The molecular weight excluding hydrogens is 313 g/mol. The Morgan fingerprint density at radius 1 is 1.40 bits per heavy atom. The molecule has 0 spiro atoms. The van der Waals surface area contributed by atoms with Crippen LogP contribution in [0.15, 0.2) is 29.0 Å². The quantitative estimate of drug-likeness (QED) is 0.833. The SMILES string of the molecule is CC(NC1CCOc2c(Cl)cc(Cl)cc21)c1ccsc1. The fraction of sp³-hybridized carbons (Fsp3) is 0.333. The van der Waals surface area contributed by atoms with Crippen molar-refractivity contribution in [3.8, 4) is 5.75 Å². The third-order valence-corrected chi connectivity index (χ3v) is 4.76. The molecule has 0 amide bonds. The number of fused-ring (bicyclic) bond motifs is 1. The minimum absolute atomic E-state index is 0.213. The largest absolute Gasteiger partial charge is 0.492 e. The highest BCUT2D eigenvalue weighted by molar-refractivity contribution is 7.07. The number of benzene rings is 1. The molecule has 2 heterocycles. The molecule has 3 rings (SSSR count). The van der Waals surface area contributed by atoms with E-state index in [0.717, 1.165) is 17.7 Å². The first-order valence-corrected chi connectivity index (χ1v) is 8.25. The molecule has 0 radical (unpaired) electrons. The van der Waals surface area contributed by atoms with Gasteiger partial charge in [-0.05, 0) is 41.4 Å². The molecule has 1 aliphatic heterocycles. The summed E-state index contributed by atoms with van der Waals surface area (Å²) in [5, 5.41) is 9.14. The van der Waals surface area contributed by atoms with Gasteiger partial charge in [0.05, 0.1) is 11.6 Å². The van der Waals surface area contributed by atoms with Gasteiger partial charge in [-0.1, -0.05) is 23.2 Å². The van der Waals surface area contributed by atoms with Crippen LogP contribution in [0.4, 0.5) is 0 Å². The Bertz CT molecular complexity index is 600. The van der Waals surface area contributed by atoms with Crippen molar-refractivity contribution in [2.45, 2.75) is 25.4 Å². The molecule has 2 unspecified atom stereocenters. The topological polar surface area (TPSA) is 21.3 Å². The van der Waals surface area contributed by atoms with Crippen LogP contribution in [-0.4, -0.2) is 6.61 Å². The van der Waals surface area contributed by atoms with E-state index in [1.54, 1.807) is 17.4 Å². The van der Waals surface area contributed by atoms with E-state index >= 15 is 0 Å². The molecule has 106 valence electrons. The maximum Gasteiger partial charge on any atom is 0.142 e. The molecule has 20 heavy (non-hydrogen) atoms. The normalized spacial score (nSPS) is 19.2. The van der Waals surface area contributed by atoms with Crippen molar-refractivity contribution >= 4 is 34.5 Å². The number of thiophene rings is 1. The molecule has 0 bridgehead atoms. The standard InChI is InChI=1S/C15H15Cl2NOS/c1-9(10-3-5-20-8-10)18-14-2-4-19-15-12(14)6-11(16)7-13(15)17/h3,5-9,14,18H,2,4H2,1H3. The van der Waals surface area contributed by atoms with Crippen LogP contribution in [0.5, 0.6) is 5.75 Å². The lowest BCUT2D eigenvalue weighted by atomic mass is 9.99. The zero-order valence-electron chi connectivity index (χ0n) is 11.0. The predicted molar refractivity (Wildman–Crippen MR) is 85.2 cm³/mol. The van der Waals surface area contributed by atoms with Gasteiger partial charge in [0, 0.05) is 29.1 Å². The molecule has 0 saturated carbocycles. The Morgan fingerprint density at radius 3 is 3.00 bits per heavy atom. The van der Waals surface area contributed by atoms with E-state index in [-0.39, 0.29) is 12.1 Å². The monoisotopic (exact) mass is 327 g/mol. The van der Waals surface area contributed by atoms with Crippen LogP contribution in [0.3, 0.4) is 0 Å². The van der Waals surface area contributed by atoms with Crippen LogP contribution in [0, 0.1) is 0 Å². The van der Waals surface area contributed by atoms with Crippen molar-refractivity contribution < 1.29 is 4.74 Å². The van der Waals surface area contributed by atoms with Crippen LogP contribution in [0.2, 0.25) is 10.0 Å². The minimum atomic E-state index is 0.213. The van der Waals surface area contributed by atoms with E-state index in [9.17, 15) is 0 Å². The van der Waals surface area contributed by atoms with Gasteiger partial charge in [0.1, 0.15) is 5.75 Å². The van der Waals surface area contributed by atoms with Crippen molar-refractivity contribution in [2.24, 2.45) is 0 Å². The molecule has 1 aromatic carbocycles. The summed E-state index contributed by atoms with van der Waals surface area (Å²) in [5.74, 6) is 0.761. The van der Waals surface area contributed by atoms with Gasteiger partial charge in [0.2, 0.25) is 0 Å². The molecule has 1 aromatic heterocycles. The van der Waals surface area contributed by atoms with Crippen molar-refractivity contribution in [3.63, 3.8) is 0 Å². The predicted octanol–water partition coefficient (Wildman–Crippen LogP) is 5.23. The van der Waals surface area contributed by atoms with Gasteiger partial charge in [-0.3, -0.25) is 0 Å². The molecule has 2 aromatic rings. The number of nitrogens with one attached hydrogen (secondary N) is 1. The lowest BCUT2D eigenvalue weighted by Crippen LogP contribution is -2.29. The van der Waals surface area contributed by atoms with Crippen LogP contribution >= 0.6 is 34.5 Å². The van der Waals surface area contributed by atoms with E-state index in [4.69, 9.17) is 27.9 Å². The van der Waals surface area contributed by atoms with Crippen LogP contribution in [0.1, 0.15) is 36.6 Å². The molecule has 0 saturated heterocycles. The lowest BCUT2D eigenvalue weighted by Gasteiger charge is -2.30. The average Bonchev–Trinajstić information content (AvgIpc) is 2.93. The molecular formula is C15H15Cl2NOS. The van der Waals surface area contributed by atoms with Gasteiger partial charge in [0.15, 0.2) is 0 Å². The highest BCUT2D eigenvalue weighted by Gasteiger charge is 2.25. The average molecular weight is 328 g/mol. The van der Waals surface area contributed by atoms with E-state index in [1.165, 1.54) is 5.56 Å². The molecule has 0 fully saturated rings. The van der Waals surface area contributed by atoms with Gasteiger partial charge in [-0.15, -0.1) is 0 Å². The van der Waals surface area contributed by atoms with Crippen LogP contribution in [0.25, 0.3) is 0 Å². The maximum atomic E-state index is 6.21. The number of rotatable bonds is 3. The van der Waals surface area contributed by atoms with Gasteiger partial charge in [-0.25, -0.2) is 0 Å². The van der Waals surface area contributed by atoms with Crippen LogP contribution < -0.4 is 10.1 Å². The smallest absolute Gasteiger partial charge is 0.142 e. The first-order chi connectivity index (χ1) is 9.65. The molecule has 2 atom stereocenters. The fourth-order valence-corrected chi connectivity index (χ4v) is 3.84. The lowest BCUT2D eigenvalue weighted by molar-refractivity contribution is 0.246. The third kappa shape index (κ3) is 2.82. The van der Waals surface area contributed by atoms with Crippen LogP contribution in [-0.2, 0) is 0 Å². The summed E-state index contributed by atoms with van der Waals surface area (Å²) >= 11 is 14.0. The minimum Gasteiger partial charge on any atom is -0.492 e. The van der Waals surface area contributed by atoms with Gasteiger partial charge >= 0.3 is 0 Å². The first-order valence-electron chi connectivity index (χ1n) is 6.55. The Morgan fingerprint density at radius 2 is 2.25 bits per heavy atom. The summed E-state index contributed by atoms with van der Waals surface area (Å²) < 4.78 is 5.68. The fourth-order valence-electron chi connectivity index (χ4n) is 2.52. The molecule has 2 nitrogen and oxygen atoms in total. The van der Waals surface area contributed by atoms with Gasteiger partial charge < -0.3 is 10.1 Å². The molecule has 1 N–H and O–H groups in total. The molecule has 0 aliphatic carbocycles. The number of hydrogen-bond donors (Lipinski definition) is 1. The van der Waals surface area contributed by atoms with Gasteiger partial charge in [-0.2, -0.15) is 11.3 Å². The van der Waals surface area contributed by atoms with Crippen molar-refractivity contribution in [1.29, 1.82) is 0 Å². The summed E-state index contributed by atoms with van der Waals surface area (Å²) in [4.78, 5) is 0. The zero-order valence-corrected chi connectivity index (χ0v) is 13.4. The summed E-state index contributed by atoms with van der Waals surface area (Å²) in [6.07, 6.45) is 0.915. The van der Waals surface area contributed by atoms with Crippen molar-refractivity contribution in [1.82, 2.24) is 5.32 Å². The second-order valence-corrected chi connectivity index (χ2v) is 6.56. The summed E-state index contributed by atoms with van der Waals surface area (Å²) in [7, 11) is 0. The zero-order chi connectivity index (χ0) is 14.1. The van der Waals surface area contributed by atoms with E-state index in [2.05, 4.69) is 29.1 Å². The maximum absolute atomic E-state index is 6.21. The summed E-state index contributed by atoms with van der Waals surface area (Å²) in [6.45, 7) is 2.84. The van der Waals surface area contributed by atoms with Gasteiger partial charge in [0.25, 0.3) is 0 Å². The highest BCUT2D eigenvalue weighted by atomic mass is 35.5. The van der Waals surface area contributed by atoms with E-state index in [1.807, 2.05) is 6.07 Å². The number of halogens is 2. The van der Waals surface area contributed by atoms with Crippen molar-refractivity contribution in [3.05, 3.63) is 50.1 Å². The molecule has 5 heteroatoms. The summed E-state index contributed by atoms with van der Waals surface area (Å²) in [6, 6.07) is 6.32. The second kappa shape index (κ2) is 5.94.